The highest BCUT2D eigenvalue weighted by Gasteiger charge is 2.05. The molecule has 4 heteroatoms. The second kappa shape index (κ2) is 11.0. The quantitative estimate of drug-likeness (QED) is 0.533. The molecule has 0 aliphatic carbocycles. The van der Waals surface area contributed by atoms with Gasteiger partial charge in [0.25, 0.3) is 0 Å². The van der Waals surface area contributed by atoms with Crippen molar-refractivity contribution >= 4 is 0 Å². The van der Waals surface area contributed by atoms with Gasteiger partial charge in [-0.05, 0) is 19.0 Å². The van der Waals surface area contributed by atoms with E-state index in [1.807, 2.05) is 0 Å². The summed E-state index contributed by atoms with van der Waals surface area (Å²) in [6.07, 6.45) is -0.398. The van der Waals surface area contributed by atoms with Crippen LogP contribution in [-0.4, -0.2) is 62.0 Å². The average Bonchev–Trinajstić information content (AvgIpc) is 2.29. The molecule has 0 bridgehead atoms. The summed E-state index contributed by atoms with van der Waals surface area (Å²) in [5.74, 6) is 0.526. The highest BCUT2D eigenvalue weighted by Crippen LogP contribution is 1.93. The van der Waals surface area contributed by atoms with Gasteiger partial charge in [-0.1, -0.05) is 27.7 Å². The van der Waals surface area contributed by atoms with Crippen molar-refractivity contribution in [1.82, 2.24) is 10.2 Å². The molecule has 0 amide bonds. The zero-order chi connectivity index (χ0) is 13.1. The van der Waals surface area contributed by atoms with Crippen molar-refractivity contribution in [3.05, 3.63) is 0 Å². The minimum atomic E-state index is -0.398. The van der Waals surface area contributed by atoms with Gasteiger partial charge in [0.15, 0.2) is 0 Å². The van der Waals surface area contributed by atoms with Crippen molar-refractivity contribution in [1.29, 1.82) is 0 Å². The van der Waals surface area contributed by atoms with Crippen LogP contribution < -0.4 is 5.32 Å². The molecular weight excluding hydrogens is 216 g/mol. The average molecular weight is 246 g/mol. The summed E-state index contributed by atoms with van der Waals surface area (Å²) in [4.78, 5) is 2.36. The summed E-state index contributed by atoms with van der Waals surface area (Å²) in [5.41, 5.74) is 0. The Balaban J connectivity index is 3.35. The Morgan fingerprint density at radius 3 is 2.35 bits per heavy atom. The second-order valence-electron chi connectivity index (χ2n) is 4.82. The Hall–Kier alpha value is -0.160. The van der Waals surface area contributed by atoms with Gasteiger partial charge < -0.3 is 20.1 Å². The molecule has 17 heavy (non-hydrogen) atoms. The number of nitrogens with one attached hydrogen (secondary N) is 1. The third-order valence-electron chi connectivity index (χ3n) is 2.64. The van der Waals surface area contributed by atoms with E-state index in [0.29, 0.717) is 19.1 Å². The van der Waals surface area contributed by atoms with E-state index in [4.69, 9.17) is 4.74 Å². The molecule has 104 valence electrons. The van der Waals surface area contributed by atoms with Crippen LogP contribution in [0.2, 0.25) is 0 Å². The summed E-state index contributed by atoms with van der Waals surface area (Å²) in [6.45, 7) is 14.4. The predicted molar refractivity (Wildman–Crippen MR) is 72.3 cm³/mol. The first-order valence-corrected chi connectivity index (χ1v) is 6.78. The standard InChI is InChI=1S/C13H30N2O2/c1-5-15(6-2)8-7-14-9-13(16)11-17-10-12(3)4/h12-14,16H,5-11H2,1-4H3. The van der Waals surface area contributed by atoms with Crippen molar-refractivity contribution in [3.63, 3.8) is 0 Å². The maximum Gasteiger partial charge on any atom is 0.0897 e. The van der Waals surface area contributed by atoms with E-state index in [1.54, 1.807) is 0 Å². The first-order valence-electron chi connectivity index (χ1n) is 6.78. The fraction of sp³-hybridized carbons (Fsp3) is 1.00. The molecule has 0 saturated carbocycles. The lowest BCUT2D eigenvalue weighted by Crippen LogP contribution is -2.36. The van der Waals surface area contributed by atoms with E-state index in [9.17, 15) is 5.11 Å². The lowest BCUT2D eigenvalue weighted by Gasteiger charge is -2.19. The molecule has 0 aromatic carbocycles. The largest absolute Gasteiger partial charge is 0.389 e. The minimum Gasteiger partial charge on any atom is -0.389 e. The van der Waals surface area contributed by atoms with E-state index in [2.05, 4.69) is 37.9 Å². The molecule has 0 rings (SSSR count). The van der Waals surface area contributed by atoms with Gasteiger partial charge in [-0.25, -0.2) is 0 Å². The summed E-state index contributed by atoms with van der Waals surface area (Å²) < 4.78 is 5.38. The summed E-state index contributed by atoms with van der Waals surface area (Å²) in [7, 11) is 0. The summed E-state index contributed by atoms with van der Waals surface area (Å²) >= 11 is 0. The van der Waals surface area contributed by atoms with Gasteiger partial charge in [0.1, 0.15) is 0 Å². The summed E-state index contributed by atoms with van der Waals surface area (Å²) in [6, 6.07) is 0. The first kappa shape index (κ1) is 16.8. The molecule has 4 nitrogen and oxygen atoms in total. The Kier molecular flexibility index (Phi) is 10.9. The fourth-order valence-corrected chi connectivity index (χ4v) is 1.54. The van der Waals surface area contributed by atoms with E-state index >= 15 is 0 Å². The second-order valence-corrected chi connectivity index (χ2v) is 4.82. The molecule has 0 saturated heterocycles. The number of likely N-dealkylation sites (N-methyl/N-ethyl adjacent to an activating group) is 1. The number of rotatable bonds is 11. The Morgan fingerprint density at radius 2 is 1.82 bits per heavy atom. The zero-order valence-electron chi connectivity index (χ0n) is 11.9. The fourth-order valence-electron chi connectivity index (χ4n) is 1.54. The number of aliphatic hydroxyl groups excluding tert-OH is 1. The smallest absolute Gasteiger partial charge is 0.0897 e. The van der Waals surface area contributed by atoms with Crippen LogP contribution in [0.4, 0.5) is 0 Å². The maximum atomic E-state index is 9.64. The van der Waals surface area contributed by atoms with E-state index < -0.39 is 6.10 Å². The number of ether oxygens (including phenoxy) is 1. The van der Waals surface area contributed by atoms with Crippen LogP contribution in [0.15, 0.2) is 0 Å². The van der Waals surface area contributed by atoms with E-state index in [0.717, 1.165) is 32.8 Å². The maximum absolute atomic E-state index is 9.64. The molecule has 0 aromatic rings. The predicted octanol–water partition coefficient (Wildman–Crippen LogP) is 0.951. The molecule has 0 aromatic heterocycles. The van der Waals surface area contributed by atoms with Crippen molar-refractivity contribution in [2.75, 3.05) is 45.9 Å². The van der Waals surface area contributed by atoms with E-state index in [-0.39, 0.29) is 0 Å². The summed E-state index contributed by atoms with van der Waals surface area (Å²) in [5, 5.41) is 12.9. The molecule has 1 atom stereocenters. The molecule has 0 heterocycles. The minimum absolute atomic E-state index is 0.398. The SMILES string of the molecule is CCN(CC)CCNCC(O)COCC(C)C. The molecule has 0 aliphatic rings. The Morgan fingerprint density at radius 1 is 1.18 bits per heavy atom. The Labute approximate surface area is 106 Å². The van der Waals surface area contributed by atoms with Crippen LogP contribution in [0.3, 0.4) is 0 Å². The topological polar surface area (TPSA) is 44.7 Å². The van der Waals surface area contributed by atoms with Crippen molar-refractivity contribution in [2.24, 2.45) is 5.92 Å². The van der Waals surface area contributed by atoms with Crippen molar-refractivity contribution in [3.8, 4) is 0 Å². The van der Waals surface area contributed by atoms with Gasteiger partial charge >= 0.3 is 0 Å². The van der Waals surface area contributed by atoms with Crippen LogP contribution in [0.1, 0.15) is 27.7 Å². The van der Waals surface area contributed by atoms with Crippen molar-refractivity contribution < 1.29 is 9.84 Å². The van der Waals surface area contributed by atoms with Crippen molar-refractivity contribution in [2.45, 2.75) is 33.8 Å². The molecular formula is C13H30N2O2. The van der Waals surface area contributed by atoms with E-state index in [1.165, 1.54) is 0 Å². The van der Waals surface area contributed by atoms with Gasteiger partial charge in [-0.15, -0.1) is 0 Å². The van der Waals surface area contributed by atoms with Crippen LogP contribution in [-0.2, 0) is 4.74 Å². The molecule has 1 unspecified atom stereocenters. The normalized spacial score (nSPS) is 13.6. The highest BCUT2D eigenvalue weighted by atomic mass is 16.5. The van der Waals surface area contributed by atoms with Crippen LogP contribution in [0.25, 0.3) is 0 Å². The van der Waals surface area contributed by atoms with Crippen LogP contribution in [0.5, 0.6) is 0 Å². The molecule has 2 N–H and O–H groups in total. The highest BCUT2D eigenvalue weighted by molar-refractivity contribution is 4.61. The van der Waals surface area contributed by atoms with Crippen LogP contribution >= 0.6 is 0 Å². The third-order valence-corrected chi connectivity index (χ3v) is 2.64. The molecule has 0 aliphatic heterocycles. The first-order chi connectivity index (χ1) is 8.10. The van der Waals surface area contributed by atoms with Gasteiger partial charge in [0.2, 0.25) is 0 Å². The number of hydrogen-bond acceptors (Lipinski definition) is 4. The Bertz CT molecular complexity index is 161. The molecule has 0 fully saturated rings. The van der Waals surface area contributed by atoms with Gasteiger partial charge in [0, 0.05) is 26.2 Å². The zero-order valence-corrected chi connectivity index (χ0v) is 11.9. The number of aliphatic hydroxyl groups is 1. The van der Waals surface area contributed by atoms with Crippen LogP contribution in [0, 0.1) is 5.92 Å². The lowest BCUT2D eigenvalue weighted by molar-refractivity contribution is 0.0260. The van der Waals surface area contributed by atoms with Gasteiger partial charge in [0.05, 0.1) is 12.7 Å². The molecule has 0 spiro atoms. The third kappa shape index (κ3) is 10.7. The number of hydrogen-bond donors (Lipinski definition) is 2. The molecule has 0 radical (unpaired) electrons. The lowest BCUT2D eigenvalue weighted by atomic mass is 10.2. The van der Waals surface area contributed by atoms with Gasteiger partial charge in [-0.2, -0.15) is 0 Å². The monoisotopic (exact) mass is 246 g/mol. The van der Waals surface area contributed by atoms with Gasteiger partial charge in [-0.3, -0.25) is 0 Å². The number of nitrogens with zero attached hydrogens (tertiary/aromatic N) is 1.